The van der Waals surface area contributed by atoms with Crippen LogP contribution >= 0.6 is 0 Å². The lowest BCUT2D eigenvalue weighted by Gasteiger charge is -2.18. The van der Waals surface area contributed by atoms with Gasteiger partial charge >= 0.3 is 0 Å². The van der Waals surface area contributed by atoms with Crippen molar-refractivity contribution >= 4 is 11.6 Å². The number of hydrogen-bond donors (Lipinski definition) is 1. The number of para-hydroxylation sites is 1. The van der Waals surface area contributed by atoms with Crippen molar-refractivity contribution in [2.45, 2.75) is 26.2 Å². The van der Waals surface area contributed by atoms with Crippen molar-refractivity contribution in [3.05, 3.63) is 84.4 Å². The molecule has 4 aromatic rings. The van der Waals surface area contributed by atoms with Gasteiger partial charge in [0.15, 0.2) is 6.61 Å². The minimum absolute atomic E-state index is 0.0627. The van der Waals surface area contributed by atoms with Crippen molar-refractivity contribution in [3.63, 3.8) is 0 Å². The molecule has 0 aliphatic heterocycles. The first kappa shape index (κ1) is 21.3. The number of hydrogen-bond acceptors (Lipinski definition) is 5. The molecular formula is C26H25N3O3. The van der Waals surface area contributed by atoms with Crippen LogP contribution in [0, 0.1) is 0 Å². The van der Waals surface area contributed by atoms with Crippen molar-refractivity contribution in [3.8, 4) is 28.7 Å². The van der Waals surface area contributed by atoms with E-state index >= 15 is 0 Å². The molecule has 162 valence electrons. The molecule has 0 saturated carbocycles. The topological polar surface area (TPSA) is 77.2 Å². The molecule has 0 spiro atoms. The molecule has 0 saturated heterocycles. The quantitative estimate of drug-likeness (QED) is 0.426. The minimum atomic E-state index is -0.236. The Labute approximate surface area is 187 Å². The first-order valence-corrected chi connectivity index (χ1v) is 10.4. The summed E-state index contributed by atoms with van der Waals surface area (Å²) in [5.41, 5.74) is 3.64. The Balaban J connectivity index is 1.38. The van der Waals surface area contributed by atoms with E-state index in [1.54, 1.807) is 24.3 Å². The first-order chi connectivity index (χ1) is 15.4. The molecule has 0 radical (unpaired) electrons. The third-order valence-electron chi connectivity index (χ3n) is 4.95. The third-order valence-corrected chi connectivity index (χ3v) is 4.95. The van der Waals surface area contributed by atoms with Crippen LogP contribution in [0.5, 0.6) is 5.75 Å². The van der Waals surface area contributed by atoms with E-state index in [2.05, 4.69) is 48.4 Å². The number of rotatable bonds is 6. The van der Waals surface area contributed by atoms with Gasteiger partial charge in [-0.05, 0) is 59.5 Å². The summed E-state index contributed by atoms with van der Waals surface area (Å²) in [5.74, 6) is 1.31. The summed E-state index contributed by atoms with van der Waals surface area (Å²) in [6, 6.07) is 24.6. The molecule has 1 aromatic heterocycles. The summed E-state index contributed by atoms with van der Waals surface area (Å²) < 4.78 is 11.3. The largest absolute Gasteiger partial charge is 0.484 e. The maximum absolute atomic E-state index is 12.1. The van der Waals surface area contributed by atoms with Crippen LogP contribution in [-0.4, -0.2) is 22.7 Å². The van der Waals surface area contributed by atoms with Gasteiger partial charge in [0.05, 0.1) is 0 Å². The highest BCUT2D eigenvalue weighted by Gasteiger charge is 2.15. The third kappa shape index (κ3) is 5.21. The molecule has 32 heavy (non-hydrogen) atoms. The van der Waals surface area contributed by atoms with E-state index in [4.69, 9.17) is 9.15 Å². The molecule has 1 amide bonds. The van der Waals surface area contributed by atoms with E-state index < -0.39 is 0 Å². The van der Waals surface area contributed by atoms with Crippen LogP contribution in [0.2, 0.25) is 0 Å². The molecule has 0 aliphatic rings. The van der Waals surface area contributed by atoms with E-state index in [0.29, 0.717) is 23.2 Å². The molecule has 4 rings (SSSR count). The number of anilines is 1. The standard InChI is InChI=1S/C26H25N3O3/c1-26(2,3)20-13-9-18(10-14-20)24-28-29-25(32-24)19-11-15-21(16-12-19)27-23(30)17-31-22-7-5-4-6-8-22/h4-16H,17H2,1-3H3,(H,27,30). The van der Waals surface area contributed by atoms with Gasteiger partial charge in [0.2, 0.25) is 11.8 Å². The van der Waals surface area contributed by atoms with Gasteiger partial charge in [-0.3, -0.25) is 4.79 Å². The van der Waals surface area contributed by atoms with E-state index in [1.165, 1.54) is 5.56 Å². The van der Waals surface area contributed by atoms with Gasteiger partial charge in [-0.15, -0.1) is 10.2 Å². The van der Waals surface area contributed by atoms with Crippen LogP contribution in [-0.2, 0) is 10.2 Å². The zero-order chi connectivity index (χ0) is 22.6. The monoisotopic (exact) mass is 427 g/mol. The molecular weight excluding hydrogens is 402 g/mol. The lowest BCUT2D eigenvalue weighted by atomic mass is 9.87. The zero-order valence-electron chi connectivity index (χ0n) is 18.3. The van der Waals surface area contributed by atoms with Gasteiger partial charge in [0.25, 0.3) is 5.91 Å². The molecule has 6 nitrogen and oxygen atoms in total. The summed E-state index contributed by atoms with van der Waals surface area (Å²) in [6.45, 7) is 6.46. The average Bonchev–Trinajstić information content (AvgIpc) is 3.29. The molecule has 1 N–H and O–H groups in total. The van der Waals surface area contributed by atoms with Gasteiger partial charge in [0, 0.05) is 16.8 Å². The number of ether oxygens (including phenoxy) is 1. The van der Waals surface area contributed by atoms with E-state index in [1.807, 2.05) is 42.5 Å². The van der Waals surface area contributed by atoms with Gasteiger partial charge in [0.1, 0.15) is 5.75 Å². The van der Waals surface area contributed by atoms with Crippen LogP contribution in [0.4, 0.5) is 5.69 Å². The van der Waals surface area contributed by atoms with Crippen LogP contribution in [0.15, 0.2) is 83.3 Å². The second-order valence-corrected chi connectivity index (χ2v) is 8.47. The van der Waals surface area contributed by atoms with Crippen LogP contribution < -0.4 is 10.1 Å². The van der Waals surface area contributed by atoms with E-state index in [0.717, 1.165) is 11.1 Å². The Bertz CT molecular complexity index is 1180. The fraction of sp³-hybridized carbons (Fsp3) is 0.192. The normalized spacial score (nSPS) is 11.2. The van der Waals surface area contributed by atoms with Crippen LogP contribution in [0.3, 0.4) is 0 Å². The molecule has 0 bridgehead atoms. The summed E-state index contributed by atoms with van der Waals surface area (Å²) in [5, 5.41) is 11.1. The summed E-state index contributed by atoms with van der Waals surface area (Å²) in [4.78, 5) is 12.1. The van der Waals surface area contributed by atoms with E-state index in [-0.39, 0.29) is 17.9 Å². The minimum Gasteiger partial charge on any atom is -0.484 e. The SMILES string of the molecule is CC(C)(C)c1ccc(-c2nnc(-c3ccc(NC(=O)COc4ccccc4)cc3)o2)cc1. The zero-order valence-corrected chi connectivity index (χ0v) is 18.3. The Kier molecular flexibility index (Phi) is 6.03. The highest BCUT2D eigenvalue weighted by Crippen LogP contribution is 2.28. The Morgan fingerprint density at radius 1 is 0.844 bits per heavy atom. The number of nitrogens with one attached hydrogen (secondary N) is 1. The number of carbonyl (C=O) groups excluding carboxylic acids is 1. The molecule has 3 aromatic carbocycles. The summed E-state index contributed by atoms with van der Waals surface area (Å²) in [6.07, 6.45) is 0. The summed E-state index contributed by atoms with van der Waals surface area (Å²) in [7, 11) is 0. The predicted octanol–water partition coefficient (Wildman–Crippen LogP) is 5.72. The number of nitrogens with zero attached hydrogens (tertiary/aromatic N) is 2. The fourth-order valence-corrected chi connectivity index (χ4v) is 3.13. The number of amides is 1. The Hall–Kier alpha value is -3.93. The number of aromatic nitrogens is 2. The van der Waals surface area contributed by atoms with Crippen molar-refractivity contribution in [2.24, 2.45) is 0 Å². The van der Waals surface area contributed by atoms with Crippen molar-refractivity contribution in [1.82, 2.24) is 10.2 Å². The maximum Gasteiger partial charge on any atom is 0.262 e. The van der Waals surface area contributed by atoms with Gasteiger partial charge in [-0.25, -0.2) is 0 Å². The molecule has 0 atom stereocenters. The lowest BCUT2D eigenvalue weighted by molar-refractivity contribution is -0.118. The average molecular weight is 428 g/mol. The maximum atomic E-state index is 12.1. The van der Waals surface area contributed by atoms with Crippen molar-refractivity contribution in [1.29, 1.82) is 0 Å². The highest BCUT2D eigenvalue weighted by atomic mass is 16.5. The second-order valence-electron chi connectivity index (χ2n) is 8.47. The van der Waals surface area contributed by atoms with Gasteiger partial charge < -0.3 is 14.5 Å². The number of carbonyl (C=O) groups is 1. The molecule has 6 heteroatoms. The fourth-order valence-electron chi connectivity index (χ4n) is 3.13. The molecule has 0 fully saturated rings. The van der Waals surface area contributed by atoms with Crippen molar-refractivity contribution < 1.29 is 13.9 Å². The smallest absolute Gasteiger partial charge is 0.262 e. The van der Waals surface area contributed by atoms with Gasteiger partial charge in [-0.2, -0.15) is 0 Å². The molecule has 1 heterocycles. The Morgan fingerprint density at radius 3 is 1.97 bits per heavy atom. The number of benzene rings is 3. The molecule has 0 aliphatic carbocycles. The van der Waals surface area contributed by atoms with Gasteiger partial charge in [-0.1, -0.05) is 51.1 Å². The molecule has 0 unspecified atom stereocenters. The second kappa shape index (κ2) is 9.06. The Morgan fingerprint density at radius 2 is 1.41 bits per heavy atom. The lowest BCUT2D eigenvalue weighted by Crippen LogP contribution is -2.20. The highest BCUT2D eigenvalue weighted by molar-refractivity contribution is 5.92. The van der Waals surface area contributed by atoms with Crippen LogP contribution in [0.25, 0.3) is 22.9 Å². The van der Waals surface area contributed by atoms with Crippen LogP contribution in [0.1, 0.15) is 26.3 Å². The predicted molar refractivity (Wildman–Crippen MR) is 124 cm³/mol. The van der Waals surface area contributed by atoms with Crippen molar-refractivity contribution in [2.75, 3.05) is 11.9 Å². The first-order valence-electron chi connectivity index (χ1n) is 10.4. The van der Waals surface area contributed by atoms with E-state index in [9.17, 15) is 4.79 Å². The summed E-state index contributed by atoms with van der Waals surface area (Å²) >= 11 is 0.